The molecule has 0 fully saturated rings. The summed E-state index contributed by atoms with van der Waals surface area (Å²) >= 11 is 0. The maximum Gasteiger partial charge on any atom is 0.119 e. The predicted molar refractivity (Wildman–Crippen MR) is 68.2 cm³/mol. The van der Waals surface area contributed by atoms with Crippen molar-refractivity contribution in [1.82, 2.24) is 0 Å². The topological polar surface area (TPSA) is 53.2 Å². The molecule has 0 unspecified atom stereocenters. The average Bonchev–Trinajstić information content (AvgIpc) is 2.40. The molecule has 0 aliphatic heterocycles. The first-order valence-electron chi connectivity index (χ1n) is 5.64. The number of ether oxygens (including phenoxy) is 1. The van der Waals surface area contributed by atoms with Gasteiger partial charge in [-0.1, -0.05) is 24.3 Å². The number of hydrogen-bond acceptors (Lipinski definition) is 3. The van der Waals surface area contributed by atoms with Gasteiger partial charge in [0, 0.05) is 0 Å². The van der Waals surface area contributed by atoms with Crippen molar-refractivity contribution in [2.75, 3.05) is 0 Å². The summed E-state index contributed by atoms with van der Waals surface area (Å²) in [5.74, 6) is 1.02. The molecule has 0 amide bonds. The summed E-state index contributed by atoms with van der Waals surface area (Å²) in [5.41, 5.74) is 1.98. The molecule has 3 nitrogen and oxygen atoms in total. The van der Waals surface area contributed by atoms with Crippen LogP contribution in [0.5, 0.6) is 11.5 Å². The van der Waals surface area contributed by atoms with E-state index < -0.39 is 0 Å². The molecule has 0 aliphatic rings. The highest BCUT2D eigenvalue weighted by molar-refractivity contribution is 5.30. The minimum atomic E-state index is 0.250. The molecule has 18 heavy (non-hydrogen) atoms. The quantitative estimate of drug-likeness (QED) is 0.892. The van der Waals surface area contributed by atoms with Gasteiger partial charge in [0.2, 0.25) is 0 Å². The van der Waals surface area contributed by atoms with Crippen LogP contribution in [0.3, 0.4) is 0 Å². The van der Waals surface area contributed by atoms with E-state index in [4.69, 9.17) is 15.1 Å². The van der Waals surface area contributed by atoms with E-state index in [2.05, 4.69) is 6.07 Å². The molecule has 0 aliphatic carbocycles. The number of phenols is 1. The summed E-state index contributed by atoms with van der Waals surface area (Å²) < 4.78 is 5.60. The van der Waals surface area contributed by atoms with E-state index in [9.17, 15) is 0 Å². The van der Waals surface area contributed by atoms with Crippen LogP contribution < -0.4 is 4.74 Å². The molecule has 0 bridgehead atoms. The normalized spacial score (nSPS) is 9.72. The second kappa shape index (κ2) is 5.74. The van der Waals surface area contributed by atoms with E-state index in [0.717, 1.165) is 16.9 Å². The molecule has 0 heterocycles. The molecule has 2 aromatic rings. The van der Waals surface area contributed by atoms with Crippen LogP contribution in [0.2, 0.25) is 0 Å². The Bertz CT molecular complexity index is 538. The lowest BCUT2D eigenvalue weighted by Crippen LogP contribution is -1.95. The third-order valence-electron chi connectivity index (χ3n) is 2.55. The monoisotopic (exact) mass is 239 g/mol. The molecule has 0 saturated heterocycles. The summed E-state index contributed by atoms with van der Waals surface area (Å²) in [5, 5.41) is 17.7. The van der Waals surface area contributed by atoms with Gasteiger partial charge in [0.05, 0.1) is 12.5 Å². The van der Waals surface area contributed by atoms with Crippen molar-refractivity contribution in [1.29, 1.82) is 5.26 Å². The summed E-state index contributed by atoms with van der Waals surface area (Å²) in [6.45, 7) is 0.456. The van der Waals surface area contributed by atoms with Crippen LogP contribution in [-0.2, 0) is 13.0 Å². The molecule has 1 N–H and O–H groups in total. The minimum absolute atomic E-state index is 0.250. The van der Waals surface area contributed by atoms with Crippen LogP contribution in [0, 0.1) is 11.3 Å². The molecular formula is C15H13NO2. The Morgan fingerprint density at radius 1 is 0.944 bits per heavy atom. The van der Waals surface area contributed by atoms with Gasteiger partial charge in [-0.15, -0.1) is 0 Å². The fourth-order valence-electron chi connectivity index (χ4n) is 1.55. The third kappa shape index (κ3) is 3.26. The van der Waals surface area contributed by atoms with E-state index in [1.54, 1.807) is 12.1 Å². The molecule has 0 atom stereocenters. The van der Waals surface area contributed by atoms with Gasteiger partial charge in [0.15, 0.2) is 0 Å². The van der Waals surface area contributed by atoms with Gasteiger partial charge in [0.1, 0.15) is 18.1 Å². The summed E-state index contributed by atoms with van der Waals surface area (Å²) in [6, 6.07) is 16.5. The molecule has 90 valence electrons. The average molecular weight is 239 g/mol. The number of phenolic OH excluding ortho intramolecular Hbond substituents is 1. The lowest BCUT2D eigenvalue weighted by Gasteiger charge is -2.06. The lowest BCUT2D eigenvalue weighted by molar-refractivity contribution is 0.306. The van der Waals surface area contributed by atoms with E-state index in [1.807, 2.05) is 36.4 Å². The van der Waals surface area contributed by atoms with Gasteiger partial charge in [-0.3, -0.25) is 0 Å². The Kier molecular flexibility index (Phi) is 3.83. The fraction of sp³-hybridized carbons (Fsp3) is 0.133. The largest absolute Gasteiger partial charge is 0.508 e. The van der Waals surface area contributed by atoms with Crippen LogP contribution in [0.15, 0.2) is 48.5 Å². The smallest absolute Gasteiger partial charge is 0.119 e. The first-order chi connectivity index (χ1) is 8.78. The van der Waals surface area contributed by atoms with E-state index >= 15 is 0 Å². The Hall–Kier alpha value is -2.47. The zero-order chi connectivity index (χ0) is 12.8. The van der Waals surface area contributed by atoms with Gasteiger partial charge < -0.3 is 9.84 Å². The van der Waals surface area contributed by atoms with Crippen LogP contribution >= 0.6 is 0 Å². The zero-order valence-corrected chi connectivity index (χ0v) is 9.84. The number of benzene rings is 2. The highest BCUT2D eigenvalue weighted by Crippen LogP contribution is 2.15. The fourth-order valence-corrected chi connectivity index (χ4v) is 1.55. The maximum absolute atomic E-state index is 9.16. The lowest BCUT2D eigenvalue weighted by atomic mass is 10.2. The minimum Gasteiger partial charge on any atom is -0.508 e. The van der Waals surface area contributed by atoms with Gasteiger partial charge >= 0.3 is 0 Å². The second-order valence-electron chi connectivity index (χ2n) is 3.93. The summed E-state index contributed by atoms with van der Waals surface area (Å²) in [4.78, 5) is 0. The zero-order valence-electron chi connectivity index (χ0n) is 9.84. The standard InChI is InChI=1S/C15H13NO2/c16-10-9-12-3-7-15(8-4-12)18-11-13-1-5-14(17)6-2-13/h1-8,17H,9,11H2. The molecular weight excluding hydrogens is 226 g/mol. The van der Waals surface area contributed by atoms with Crippen LogP contribution in [0.4, 0.5) is 0 Å². The molecule has 2 rings (SSSR count). The Labute approximate surface area is 106 Å². The molecule has 3 heteroatoms. The van der Waals surface area contributed by atoms with E-state index in [1.165, 1.54) is 0 Å². The van der Waals surface area contributed by atoms with Gasteiger partial charge in [0.25, 0.3) is 0 Å². The van der Waals surface area contributed by atoms with Crippen molar-refractivity contribution < 1.29 is 9.84 Å². The molecule has 0 radical (unpaired) electrons. The first kappa shape index (κ1) is 12.0. The SMILES string of the molecule is N#CCc1ccc(OCc2ccc(O)cc2)cc1. The Morgan fingerprint density at radius 2 is 1.56 bits per heavy atom. The van der Waals surface area contributed by atoms with E-state index in [-0.39, 0.29) is 5.75 Å². The highest BCUT2D eigenvalue weighted by atomic mass is 16.5. The van der Waals surface area contributed by atoms with Crippen molar-refractivity contribution in [3.8, 4) is 17.6 Å². The van der Waals surface area contributed by atoms with E-state index in [0.29, 0.717) is 13.0 Å². The highest BCUT2D eigenvalue weighted by Gasteiger charge is 1.97. The van der Waals surface area contributed by atoms with Crippen molar-refractivity contribution in [2.24, 2.45) is 0 Å². The summed E-state index contributed by atoms with van der Waals surface area (Å²) in [6.07, 6.45) is 0.415. The van der Waals surface area contributed by atoms with Crippen LogP contribution in [-0.4, -0.2) is 5.11 Å². The first-order valence-corrected chi connectivity index (χ1v) is 5.64. The predicted octanol–water partition coefficient (Wildman–Crippen LogP) is 3.04. The number of hydrogen-bond donors (Lipinski definition) is 1. The number of nitriles is 1. The summed E-state index contributed by atoms with van der Waals surface area (Å²) in [7, 11) is 0. The number of aromatic hydroxyl groups is 1. The molecule has 0 aromatic heterocycles. The van der Waals surface area contributed by atoms with Crippen molar-refractivity contribution >= 4 is 0 Å². The third-order valence-corrected chi connectivity index (χ3v) is 2.55. The van der Waals surface area contributed by atoms with Crippen molar-refractivity contribution in [2.45, 2.75) is 13.0 Å². The van der Waals surface area contributed by atoms with Gasteiger partial charge in [-0.2, -0.15) is 5.26 Å². The van der Waals surface area contributed by atoms with Crippen molar-refractivity contribution in [3.63, 3.8) is 0 Å². The van der Waals surface area contributed by atoms with Crippen LogP contribution in [0.1, 0.15) is 11.1 Å². The maximum atomic E-state index is 9.16. The molecule has 0 spiro atoms. The number of nitrogens with zero attached hydrogens (tertiary/aromatic N) is 1. The molecule has 2 aromatic carbocycles. The van der Waals surface area contributed by atoms with Crippen LogP contribution in [0.25, 0.3) is 0 Å². The Balaban J connectivity index is 1.94. The van der Waals surface area contributed by atoms with Gasteiger partial charge in [-0.25, -0.2) is 0 Å². The number of rotatable bonds is 4. The Morgan fingerprint density at radius 3 is 2.17 bits per heavy atom. The van der Waals surface area contributed by atoms with Gasteiger partial charge in [-0.05, 0) is 35.4 Å². The second-order valence-corrected chi connectivity index (χ2v) is 3.93. The molecule has 0 saturated carbocycles. The van der Waals surface area contributed by atoms with Crippen molar-refractivity contribution in [3.05, 3.63) is 59.7 Å².